The van der Waals surface area contributed by atoms with Gasteiger partial charge in [0.25, 0.3) is 11.8 Å². The van der Waals surface area contributed by atoms with Gasteiger partial charge in [-0.3, -0.25) is 14.5 Å². The fourth-order valence-corrected chi connectivity index (χ4v) is 4.02. The monoisotopic (exact) mass is 379 g/mol. The summed E-state index contributed by atoms with van der Waals surface area (Å²) in [5.74, 6) is 0.0846. The first-order chi connectivity index (χ1) is 13.6. The van der Waals surface area contributed by atoms with Crippen molar-refractivity contribution in [3.05, 3.63) is 65.7 Å². The Hall–Kier alpha value is -2.86. The first-order valence-electron chi connectivity index (χ1n) is 9.66. The fourth-order valence-electron chi connectivity index (χ4n) is 4.02. The number of carbonyl (C=O) groups excluding carboxylic acids is 2. The van der Waals surface area contributed by atoms with Crippen molar-refractivity contribution >= 4 is 17.4 Å². The third-order valence-corrected chi connectivity index (χ3v) is 5.69. The topological polar surface area (TPSA) is 57.0 Å². The standard InChI is InChI=1S/C22H25N3O3/c1-23-12-10-17(11-13-23)24(2)20-19(16-7-4-3-5-8-16)21(26)25(22(20)27)15-18-9-6-14-28-18/h3-9,14,17H,10-13,15H2,1-2H3. The first-order valence-corrected chi connectivity index (χ1v) is 9.66. The van der Waals surface area contributed by atoms with Crippen LogP contribution >= 0.6 is 0 Å². The largest absolute Gasteiger partial charge is 0.467 e. The Morgan fingerprint density at radius 2 is 1.75 bits per heavy atom. The summed E-state index contributed by atoms with van der Waals surface area (Å²) < 4.78 is 5.37. The highest BCUT2D eigenvalue weighted by Gasteiger charge is 2.42. The zero-order chi connectivity index (χ0) is 19.7. The van der Waals surface area contributed by atoms with Gasteiger partial charge in [-0.2, -0.15) is 0 Å². The molecule has 2 aromatic rings. The molecular formula is C22H25N3O3. The van der Waals surface area contributed by atoms with E-state index < -0.39 is 0 Å². The van der Waals surface area contributed by atoms with Gasteiger partial charge in [-0.25, -0.2) is 0 Å². The highest BCUT2D eigenvalue weighted by atomic mass is 16.3. The normalized spacial score (nSPS) is 19.0. The van der Waals surface area contributed by atoms with E-state index >= 15 is 0 Å². The zero-order valence-electron chi connectivity index (χ0n) is 16.3. The number of amides is 2. The van der Waals surface area contributed by atoms with Crippen molar-refractivity contribution in [1.82, 2.24) is 14.7 Å². The van der Waals surface area contributed by atoms with Gasteiger partial charge in [0, 0.05) is 13.1 Å². The van der Waals surface area contributed by atoms with Crippen LogP contribution in [0.4, 0.5) is 0 Å². The summed E-state index contributed by atoms with van der Waals surface area (Å²) in [6, 6.07) is 13.2. The zero-order valence-corrected chi connectivity index (χ0v) is 16.3. The van der Waals surface area contributed by atoms with Crippen LogP contribution in [0.2, 0.25) is 0 Å². The number of benzene rings is 1. The SMILES string of the molecule is CN1CCC(N(C)C2=C(c3ccccc3)C(=O)N(Cc3ccco3)C2=O)CC1. The fraction of sp³-hybridized carbons (Fsp3) is 0.364. The van der Waals surface area contributed by atoms with E-state index in [0.29, 0.717) is 17.0 Å². The molecule has 0 aliphatic carbocycles. The quantitative estimate of drug-likeness (QED) is 0.748. The molecule has 2 aliphatic heterocycles. The van der Waals surface area contributed by atoms with Crippen molar-refractivity contribution in [2.24, 2.45) is 0 Å². The second-order valence-corrected chi connectivity index (χ2v) is 7.51. The van der Waals surface area contributed by atoms with Gasteiger partial charge in [0.1, 0.15) is 11.5 Å². The smallest absolute Gasteiger partial charge is 0.278 e. The van der Waals surface area contributed by atoms with Crippen LogP contribution in [-0.4, -0.2) is 59.7 Å². The summed E-state index contributed by atoms with van der Waals surface area (Å²) in [5, 5.41) is 0. The predicted molar refractivity (Wildman–Crippen MR) is 106 cm³/mol. The Kier molecular flexibility index (Phi) is 5.05. The number of imide groups is 1. The van der Waals surface area contributed by atoms with Crippen LogP contribution in [0.1, 0.15) is 24.2 Å². The molecule has 0 saturated carbocycles. The van der Waals surface area contributed by atoms with E-state index in [9.17, 15) is 9.59 Å². The number of likely N-dealkylation sites (N-methyl/N-ethyl adjacent to an activating group) is 1. The van der Waals surface area contributed by atoms with E-state index in [0.717, 1.165) is 31.5 Å². The molecule has 3 heterocycles. The van der Waals surface area contributed by atoms with Crippen LogP contribution in [0.15, 0.2) is 58.8 Å². The second kappa shape index (κ2) is 7.64. The number of hydrogen-bond donors (Lipinski definition) is 0. The van der Waals surface area contributed by atoms with Gasteiger partial charge in [-0.1, -0.05) is 30.3 Å². The second-order valence-electron chi connectivity index (χ2n) is 7.51. The highest BCUT2D eigenvalue weighted by molar-refractivity contribution is 6.35. The van der Waals surface area contributed by atoms with Crippen LogP contribution < -0.4 is 0 Å². The summed E-state index contributed by atoms with van der Waals surface area (Å²) in [5.41, 5.74) is 1.76. The maximum atomic E-state index is 13.3. The van der Waals surface area contributed by atoms with Crippen molar-refractivity contribution in [2.75, 3.05) is 27.2 Å². The molecule has 0 bridgehead atoms. The third-order valence-electron chi connectivity index (χ3n) is 5.69. The molecule has 6 heteroatoms. The molecule has 4 rings (SSSR count). The van der Waals surface area contributed by atoms with Crippen molar-refractivity contribution in [2.45, 2.75) is 25.4 Å². The summed E-state index contributed by atoms with van der Waals surface area (Å²) >= 11 is 0. The van der Waals surface area contributed by atoms with E-state index in [1.807, 2.05) is 42.3 Å². The Morgan fingerprint density at radius 1 is 1.04 bits per heavy atom. The molecule has 0 unspecified atom stereocenters. The lowest BCUT2D eigenvalue weighted by atomic mass is 10.0. The van der Waals surface area contributed by atoms with Crippen LogP contribution in [-0.2, 0) is 16.1 Å². The van der Waals surface area contributed by atoms with Gasteiger partial charge in [0.2, 0.25) is 0 Å². The number of piperidine rings is 1. The lowest BCUT2D eigenvalue weighted by molar-refractivity contribution is -0.138. The van der Waals surface area contributed by atoms with E-state index in [2.05, 4.69) is 11.9 Å². The molecule has 2 aliphatic rings. The third kappa shape index (κ3) is 3.36. The van der Waals surface area contributed by atoms with Crippen LogP contribution in [0.3, 0.4) is 0 Å². The average molecular weight is 379 g/mol. The van der Waals surface area contributed by atoms with Gasteiger partial charge >= 0.3 is 0 Å². The lowest BCUT2D eigenvalue weighted by Gasteiger charge is -2.36. The minimum absolute atomic E-state index is 0.145. The summed E-state index contributed by atoms with van der Waals surface area (Å²) in [6.07, 6.45) is 3.49. The molecule has 146 valence electrons. The van der Waals surface area contributed by atoms with E-state index in [4.69, 9.17) is 4.42 Å². The maximum absolute atomic E-state index is 13.3. The van der Waals surface area contributed by atoms with Gasteiger partial charge in [0.15, 0.2) is 0 Å². The summed E-state index contributed by atoms with van der Waals surface area (Å²) in [7, 11) is 4.05. The number of likely N-dealkylation sites (tertiary alicyclic amines) is 1. The van der Waals surface area contributed by atoms with Gasteiger partial charge in [-0.05, 0) is 50.7 Å². The summed E-state index contributed by atoms with van der Waals surface area (Å²) in [4.78, 5) is 32.2. The van der Waals surface area contributed by atoms with Crippen molar-refractivity contribution in [3.8, 4) is 0 Å². The maximum Gasteiger partial charge on any atom is 0.278 e. The van der Waals surface area contributed by atoms with E-state index in [1.54, 1.807) is 18.4 Å². The Labute approximate surface area is 165 Å². The molecule has 1 saturated heterocycles. The highest BCUT2D eigenvalue weighted by Crippen LogP contribution is 2.34. The van der Waals surface area contributed by atoms with Crippen molar-refractivity contribution in [3.63, 3.8) is 0 Å². The molecule has 1 aromatic heterocycles. The van der Waals surface area contributed by atoms with E-state index in [-0.39, 0.29) is 24.4 Å². The van der Waals surface area contributed by atoms with Gasteiger partial charge in [-0.15, -0.1) is 0 Å². The molecule has 28 heavy (non-hydrogen) atoms. The van der Waals surface area contributed by atoms with Crippen molar-refractivity contribution < 1.29 is 14.0 Å². The number of hydrogen-bond acceptors (Lipinski definition) is 5. The molecule has 0 radical (unpaired) electrons. The van der Waals surface area contributed by atoms with Crippen LogP contribution in [0.25, 0.3) is 5.57 Å². The Bertz CT molecular complexity index is 881. The Morgan fingerprint density at radius 3 is 2.39 bits per heavy atom. The number of nitrogens with zero attached hydrogens (tertiary/aromatic N) is 3. The molecule has 2 amide bonds. The van der Waals surface area contributed by atoms with Crippen molar-refractivity contribution in [1.29, 1.82) is 0 Å². The molecular weight excluding hydrogens is 354 g/mol. The summed E-state index contributed by atoms with van der Waals surface area (Å²) in [6.45, 7) is 2.12. The molecule has 1 fully saturated rings. The molecule has 6 nitrogen and oxygen atoms in total. The molecule has 0 spiro atoms. The minimum Gasteiger partial charge on any atom is -0.467 e. The molecule has 1 aromatic carbocycles. The average Bonchev–Trinajstić information content (AvgIpc) is 3.31. The minimum atomic E-state index is -0.262. The predicted octanol–water partition coefficient (Wildman–Crippen LogP) is 2.59. The lowest BCUT2D eigenvalue weighted by Crippen LogP contribution is -2.43. The van der Waals surface area contributed by atoms with Crippen LogP contribution in [0, 0.1) is 0 Å². The van der Waals surface area contributed by atoms with Gasteiger partial charge in [0.05, 0.1) is 18.4 Å². The first kappa shape index (κ1) is 18.5. The Balaban J connectivity index is 1.70. The molecule has 0 atom stereocenters. The molecule has 0 N–H and O–H groups in total. The number of carbonyl (C=O) groups is 2. The van der Waals surface area contributed by atoms with Crippen LogP contribution in [0.5, 0.6) is 0 Å². The van der Waals surface area contributed by atoms with Gasteiger partial charge < -0.3 is 14.2 Å². The number of furan rings is 1. The van der Waals surface area contributed by atoms with E-state index in [1.165, 1.54) is 4.90 Å². The number of rotatable bonds is 5.